The van der Waals surface area contributed by atoms with E-state index in [4.69, 9.17) is 10.2 Å². The number of ether oxygens (including phenoxy) is 1. The summed E-state index contributed by atoms with van der Waals surface area (Å²) in [6.07, 6.45) is -2.70. The lowest BCUT2D eigenvalue weighted by Gasteiger charge is -2.05. The van der Waals surface area contributed by atoms with E-state index in [9.17, 15) is 9.59 Å². The van der Waals surface area contributed by atoms with Crippen LogP contribution in [0.25, 0.3) is 0 Å². The Balaban J connectivity index is 3.86. The van der Waals surface area contributed by atoms with Crippen LogP contribution in [-0.4, -0.2) is 34.4 Å². The van der Waals surface area contributed by atoms with Crippen molar-refractivity contribution in [1.29, 1.82) is 0 Å². The second-order valence-electron chi connectivity index (χ2n) is 2.09. The average molecular weight is 162 g/mol. The van der Waals surface area contributed by atoms with Crippen molar-refractivity contribution in [3.05, 3.63) is 0 Å². The summed E-state index contributed by atoms with van der Waals surface area (Å²) in [7, 11) is 0. The first-order valence-electron chi connectivity index (χ1n) is 3.06. The zero-order chi connectivity index (χ0) is 9.02. The Morgan fingerprint density at radius 3 is 1.55 bits per heavy atom. The van der Waals surface area contributed by atoms with Crippen LogP contribution >= 0.6 is 0 Å². The van der Waals surface area contributed by atoms with Crippen molar-refractivity contribution < 1.29 is 24.5 Å². The average Bonchev–Trinajstić information content (AvgIpc) is 1.87. The van der Waals surface area contributed by atoms with Gasteiger partial charge in [-0.3, -0.25) is 0 Å². The van der Waals surface area contributed by atoms with Crippen molar-refractivity contribution in [2.45, 2.75) is 26.1 Å². The quantitative estimate of drug-likeness (QED) is 0.394. The molecule has 0 aliphatic carbocycles. The third kappa shape index (κ3) is 3.69. The number of rotatable bonds is 2. The number of hydrogen-bond donors (Lipinski definition) is 2. The molecule has 0 aliphatic rings. The summed E-state index contributed by atoms with van der Waals surface area (Å²) >= 11 is 0. The van der Waals surface area contributed by atoms with Crippen LogP contribution in [0.3, 0.4) is 0 Å². The molecule has 0 unspecified atom stereocenters. The Kier molecular flexibility index (Phi) is 3.70. The molecule has 0 heterocycles. The second-order valence-corrected chi connectivity index (χ2v) is 2.09. The Morgan fingerprint density at radius 2 is 1.36 bits per heavy atom. The molecule has 5 heteroatoms. The summed E-state index contributed by atoms with van der Waals surface area (Å²) in [6.45, 7) is 2.33. The normalized spacial score (nSPS) is 15.3. The van der Waals surface area contributed by atoms with Gasteiger partial charge in [0, 0.05) is 0 Å². The fourth-order valence-corrected chi connectivity index (χ4v) is 0.270. The van der Waals surface area contributed by atoms with Crippen molar-refractivity contribution in [2.75, 3.05) is 0 Å². The first-order valence-corrected chi connectivity index (χ1v) is 3.06. The summed E-state index contributed by atoms with van der Waals surface area (Å²) < 4.78 is 4.00. The second kappa shape index (κ2) is 4.05. The number of carbonyl (C=O) groups excluding carboxylic acids is 2. The van der Waals surface area contributed by atoms with Crippen LogP contribution < -0.4 is 0 Å². The molecule has 5 nitrogen and oxygen atoms in total. The van der Waals surface area contributed by atoms with Gasteiger partial charge in [0.2, 0.25) is 0 Å². The molecule has 0 aliphatic heterocycles. The maximum atomic E-state index is 10.5. The number of esters is 2. The molecular formula is C6H10O5. The molecule has 0 bridgehead atoms. The summed E-state index contributed by atoms with van der Waals surface area (Å²) in [5.41, 5.74) is 0. The molecule has 2 atom stereocenters. The van der Waals surface area contributed by atoms with E-state index in [0.717, 1.165) is 13.8 Å². The molecule has 0 fully saturated rings. The first kappa shape index (κ1) is 10.1. The highest BCUT2D eigenvalue weighted by atomic mass is 16.6. The molecule has 0 spiro atoms. The van der Waals surface area contributed by atoms with Crippen LogP contribution in [0.4, 0.5) is 0 Å². The molecule has 0 aromatic heterocycles. The third-order valence-corrected chi connectivity index (χ3v) is 0.883. The van der Waals surface area contributed by atoms with E-state index in [1.807, 2.05) is 0 Å². The summed E-state index contributed by atoms with van der Waals surface area (Å²) in [5.74, 6) is -2.12. The van der Waals surface area contributed by atoms with Crippen LogP contribution in [0.1, 0.15) is 13.8 Å². The minimum atomic E-state index is -1.35. The Hall–Kier alpha value is -0.940. The van der Waals surface area contributed by atoms with Gasteiger partial charge in [-0.15, -0.1) is 0 Å². The van der Waals surface area contributed by atoms with E-state index >= 15 is 0 Å². The van der Waals surface area contributed by atoms with E-state index < -0.39 is 24.1 Å². The summed E-state index contributed by atoms with van der Waals surface area (Å²) in [4.78, 5) is 20.9. The molecule has 0 amide bonds. The highest BCUT2D eigenvalue weighted by Gasteiger charge is 2.18. The molecule has 0 aromatic carbocycles. The lowest BCUT2D eigenvalue weighted by atomic mass is 10.4. The topological polar surface area (TPSA) is 83.8 Å². The minimum absolute atomic E-state index is 1.06. The number of aliphatic hydroxyl groups is 2. The number of hydrogen-bond acceptors (Lipinski definition) is 5. The van der Waals surface area contributed by atoms with Gasteiger partial charge < -0.3 is 14.9 Å². The zero-order valence-electron chi connectivity index (χ0n) is 6.27. The third-order valence-electron chi connectivity index (χ3n) is 0.883. The monoisotopic (exact) mass is 162 g/mol. The SMILES string of the molecule is C[C@H](O)C(=O)OC(=O)[C@@H](C)O. The van der Waals surface area contributed by atoms with Crippen LogP contribution in [0.15, 0.2) is 0 Å². The molecule has 2 N–H and O–H groups in total. The van der Waals surface area contributed by atoms with Gasteiger partial charge in [-0.1, -0.05) is 0 Å². The summed E-state index contributed by atoms with van der Waals surface area (Å²) in [6, 6.07) is 0. The molecule has 0 radical (unpaired) electrons. The van der Waals surface area contributed by atoms with Crippen LogP contribution in [0.2, 0.25) is 0 Å². The molecule has 11 heavy (non-hydrogen) atoms. The van der Waals surface area contributed by atoms with Gasteiger partial charge in [-0.2, -0.15) is 0 Å². The van der Waals surface area contributed by atoms with Crippen molar-refractivity contribution in [2.24, 2.45) is 0 Å². The predicted molar refractivity (Wildman–Crippen MR) is 34.5 cm³/mol. The van der Waals surface area contributed by atoms with Crippen LogP contribution in [0, 0.1) is 0 Å². The highest BCUT2D eigenvalue weighted by molar-refractivity contribution is 5.89. The predicted octanol–water partition coefficient (Wildman–Crippen LogP) is -1.18. The maximum absolute atomic E-state index is 10.5. The molecule has 0 rings (SSSR count). The van der Waals surface area contributed by atoms with Gasteiger partial charge in [0.1, 0.15) is 12.2 Å². The Labute approximate surface area is 63.6 Å². The van der Waals surface area contributed by atoms with Gasteiger partial charge in [-0.25, -0.2) is 9.59 Å². The molecule has 0 aromatic rings. The Morgan fingerprint density at radius 1 is 1.09 bits per heavy atom. The van der Waals surface area contributed by atoms with Gasteiger partial charge in [0.05, 0.1) is 0 Å². The molecule has 0 saturated heterocycles. The van der Waals surface area contributed by atoms with Gasteiger partial charge in [0.25, 0.3) is 0 Å². The Bertz CT molecular complexity index is 142. The van der Waals surface area contributed by atoms with Gasteiger partial charge >= 0.3 is 11.9 Å². The van der Waals surface area contributed by atoms with Gasteiger partial charge in [-0.05, 0) is 13.8 Å². The van der Waals surface area contributed by atoms with E-state index in [1.54, 1.807) is 0 Å². The highest BCUT2D eigenvalue weighted by Crippen LogP contribution is 1.91. The van der Waals surface area contributed by atoms with Crippen LogP contribution in [-0.2, 0) is 14.3 Å². The van der Waals surface area contributed by atoms with Crippen molar-refractivity contribution in [1.82, 2.24) is 0 Å². The lowest BCUT2D eigenvalue weighted by Crippen LogP contribution is -2.28. The zero-order valence-corrected chi connectivity index (χ0v) is 6.27. The van der Waals surface area contributed by atoms with Crippen molar-refractivity contribution in [3.63, 3.8) is 0 Å². The van der Waals surface area contributed by atoms with E-state index in [-0.39, 0.29) is 0 Å². The largest absolute Gasteiger partial charge is 0.389 e. The van der Waals surface area contributed by atoms with Gasteiger partial charge in [0.15, 0.2) is 0 Å². The number of aliphatic hydroxyl groups excluding tert-OH is 2. The molecule has 64 valence electrons. The fourth-order valence-electron chi connectivity index (χ4n) is 0.270. The van der Waals surface area contributed by atoms with Crippen LogP contribution in [0.5, 0.6) is 0 Å². The lowest BCUT2D eigenvalue weighted by molar-refractivity contribution is -0.170. The minimum Gasteiger partial charge on any atom is -0.389 e. The van der Waals surface area contributed by atoms with E-state index in [1.165, 1.54) is 0 Å². The fraction of sp³-hybridized carbons (Fsp3) is 0.667. The maximum Gasteiger partial charge on any atom is 0.342 e. The smallest absolute Gasteiger partial charge is 0.342 e. The van der Waals surface area contributed by atoms with Crippen molar-refractivity contribution >= 4 is 11.9 Å². The molecule has 0 saturated carbocycles. The molecular weight excluding hydrogens is 152 g/mol. The standard InChI is InChI=1S/C6H10O5/c1-3(7)5(9)11-6(10)4(2)8/h3-4,7-8H,1-2H3/t3-,4+. The van der Waals surface area contributed by atoms with Crippen molar-refractivity contribution in [3.8, 4) is 0 Å². The first-order chi connectivity index (χ1) is 4.95. The van der Waals surface area contributed by atoms with E-state index in [0.29, 0.717) is 0 Å². The summed E-state index contributed by atoms with van der Waals surface area (Å²) in [5, 5.41) is 17.1. The van der Waals surface area contributed by atoms with E-state index in [2.05, 4.69) is 4.74 Å². The number of carbonyl (C=O) groups is 2.